The average Bonchev–Trinajstić information content (AvgIpc) is 3.38. The van der Waals surface area contributed by atoms with E-state index in [0.29, 0.717) is 22.9 Å². The number of rotatable bonds is 4. The number of hydrogen-bond donors (Lipinski definition) is 1. The summed E-state index contributed by atoms with van der Waals surface area (Å²) in [5.41, 5.74) is 3.75. The number of hydrogen-bond acceptors (Lipinski definition) is 6. The molecule has 4 rings (SSSR count). The molecule has 0 fully saturated rings. The van der Waals surface area contributed by atoms with Crippen molar-refractivity contribution in [3.8, 4) is 22.8 Å². The van der Waals surface area contributed by atoms with Gasteiger partial charge in [0.1, 0.15) is 0 Å². The maximum atomic E-state index is 12.6. The lowest BCUT2D eigenvalue weighted by Crippen LogP contribution is -2.12. The van der Waals surface area contributed by atoms with Gasteiger partial charge in [0.15, 0.2) is 12.2 Å². The minimum atomic E-state index is -0.208. The molecule has 0 bridgehead atoms. The highest BCUT2D eigenvalue weighted by Crippen LogP contribution is 2.25. The molecule has 0 saturated heterocycles. The number of benzene rings is 2. The maximum Gasteiger partial charge on any atom is 0.255 e. The predicted octanol–water partition coefficient (Wildman–Crippen LogP) is 3.95. The van der Waals surface area contributed by atoms with E-state index in [1.807, 2.05) is 37.3 Å². The van der Waals surface area contributed by atoms with Crippen LogP contribution in [0.1, 0.15) is 15.9 Å². The number of aryl methyl sites for hydroxylation is 1. The average molecular weight is 346 g/mol. The summed E-state index contributed by atoms with van der Waals surface area (Å²) in [6, 6.07) is 12.7. The largest absolute Gasteiger partial charge is 0.444 e. The highest BCUT2D eigenvalue weighted by Gasteiger charge is 2.11. The van der Waals surface area contributed by atoms with Gasteiger partial charge in [-0.1, -0.05) is 18.2 Å². The van der Waals surface area contributed by atoms with Gasteiger partial charge >= 0.3 is 0 Å². The Kier molecular flexibility index (Phi) is 4.03. The van der Waals surface area contributed by atoms with Gasteiger partial charge in [-0.05, 0) is 36.8 Å². The van der Waals surface area contributed by atoms with Crippen molar-refractivity contribution in [3.05, 3.63) is 72.6 Å². The number of amides is 1. The molecule has 26 heavy (non-hydrogen) atoms. The van der Waals surface area contributed by atoms with Gasteiger partial charge in [0.25, 0.3) is 5.91 Å². The van der Waals surface area contributed by atoms with Gasteiger partial charge in [-0.2, -0.15) is 0 Å². The van der Waals surface area contributed by atoms with Crippen LogP contribution in [0.15, 0.2) is 70.3 Å². The van der Waals surface area contributed by atoms with Crippen molar-refractivity contribution >= 4 is 11.6 Å². The molecular weight excluding hydrogens is 332 g/mol. The molecule has 1 amide bonds. The third-order valence-electron chi connectivity index (χ3n) is 3.96. The quantitative estimate of drug-likeness (QED) is 0.601. The molecule has 128 valence electrons. The number of carbonyl (C=O) groups is 1. The highest BCUT2D eigenvalue weighted by molar-refractivity contribution is 6.05. The van der Waals surface area contributed by atoms with E-state index in [4.69, 9.17) is 8.83 Å². The second kappa shape index (κ2) is 6.64. The number of oxazole rings is 1. The first-order valence-corrected chi connectivity index (χ1v) is 7.88. The van der Waals surface area contributed by atoms with Crippen molar-refractivity contribution in [2.45, 2.75) is 6.92 Å². The Balaban J connectivity index is 1.55. The minimum Gasteiger partial charge on any atom is -0.444 e. The van der Waals surface area contributed by atoms with Crippen molar-refractivity contribution in [2.75, 3.05) is 5.32 Å². The normalized spacial score (nSPS) is 10.7. The predicted molar refractivity (Wildman–Crippen MR) is 94.4 cm³/mol. The van der Waals surface area contributed by atoms with Crippen LogP contribution in [-0.4, -0.2) is 21.1 Å². The smallest absolute Gasteiger partial charge is 0.255 e. The fourth-order valence-electron chi connectivity index (χ4n) is 2.53. The molecule has 4 aromatic rings. The number of nitrogens with one attached hydrogen (secondary N) is 1. The van der Waals surface area contributed by atoms with E-state index < -0.39 is 0 Å². The summed E-state index contributed by atoms with van der Waals surface area (Å²) in [6.45, 7) is 1.92. The second-order valence-electron chi connectivity index (χ2n) is 5.67. The minimum absolute atomic E-state index is 0.208. The first kappa shape index (κ1) is 15.8. The number of anilines is 1. The fourth-order valence-corrected chi connectivity index (χ4v) is 2.53. The van der Waals surface area contributed by atoms with Gasteiger partial charge < -0.3 is 14.2 Å². The van der Waals surface area contributed by atoms with Gasteiger partial charge in [-0.3, -0.25) is 4.79 Å². The Bertz CT molecular complexity index is 1020. The summed E-state index contributed by atoms with van der Waals surface area (Å²) in [5, 5.41) is 10.5. The lowest BCUT2D eigenvalue weighted by molar-refractivity contribution is 0.102. The number of aromatic nitrogens is 3. The van der Waals surface area contributed by atoms with E-state index in [1.165, 1.54) is 12.8 Å². The van der Waals surface area contributed by atoms with Gasteiger partial charge in [0.2, 0.25) is 12.3 Å². The first-order valence-electron chi connectivity index (χ1n) is 7.88. The van der Waals surface area contributed by atoms with Crippen LogP contribution < -0.4 is 5.32 Å². The van der Waals surface area contributed by atoms with Crippen LogP contribution in [0.25, 0.3) is 22.8 Å². The third-order valence-corrected chi connectivity index (χ3v) is 3.96. The maximum absolute atomic E-state index is 12.6. The molecule has 0 aliphatic rings. The van der Waals surface area contributed by atoms with Crippen LogP contribution in [-0.2, 0) is 0 Å². The number of nitrogens with zero attached hydrogens (tertiary/aromatic N) is 3. The lowest BCUT2D eigenvalue weighted by Gasteiger charge is -2.10. The van der Waals surface area contributed by atoms with Gasteiger partial charge in [0, 0.05) is 22.4 Å². The summed E-state index contributed by atoms with van der Waals surface area (Å²) in [5.74, 6) is 0.844. The molecule has 7 nitrogen and oxygen atoms in total. The Labute approximate surface area is 148 Å². The zero-order chi connectivity index (χ0) is 17.9. The molecule has 0 aliphatic carbocycles. The zero-order valence-corrected chi connectivity index (χ0v) is 13.8. The number of carbonyl (C=O) groups excluding carboxylic acids is 1. The zero-order valence-electron chi connectivity index (χ0n) is 13.8. The summed E-state index contributed by atoms with van der Waals surface area (Å²) >= 11 is 0. The van der Waals surface area contributed by atoms with Crippen molar-refractivity contribution < 1.29 is 13.6 Å². The summed E-state index contributed by atoms with van der Waals surface area (Å²) in [7, 11) is 0. The van der Waals surface area contributed by atoms with E-state index in [9.17, 15) is 4.79 Å². The van der Waals surface area contributed by atoms with E-state index in [0.717, 1.165) is 16.7 Å². The monoisotopic (exact) mass is 346 g/mol. The van der Waals surface area contributed by atoms with Crippen molar-refractivity contribution in [1.29, 1.82) is 0 Å². The summed E-state index contributed by atoms with van der Waals surface area (Å²) in [4.78, 5) is 16.5. The lowest BCUT2D eigenvalue weighted by atomic mass is 10.1. The molecule has 0 radical (unpaired) electrons. The van der Waals surface area contributed by atoms with Crippen LogP contribution in [0.2, 0.25) is 0 Å². The van der Waals surface area contributed by atoms with Gasteiger partial charge in [-0.15, -0.1) is 10.2 Å². The standard InChI is InChI=1S/C19H14N4O3/c1-12-2-3-15(19-23-21-11-26-19)8-16(12)22-18(24)14-6-4-13(5-7-14)17-9-20-10-25-17/h2-11H,1H3,(H,22,24). The molecule has 0 unspecified atom stereocenters. The van der Waals surface area contributed by atoms with Crippen molar-refractivity contribution in [1.82, 2.24) is 15.2 Å². The summed E-state index contributed by atoms with van der Waals surface area (Å²) < 4.78 is 10.5. The van der Waals surface area contributed by atoms with Crippen LogP contribution in [0.5, 0.6) is 0 Å². The Morgan fingerprint density at radius 1 is 1.00 bits per heavy atom. The second-order valence-corrected chi connectivity index (χ2v) is 5.67. The molecule has 2 aromatic heterocycles. The van der Waals surface area contributed by atoms with E-state index in [2.05, 4.69) is 20.5 Å². The molecule has 2 aromatic carbocycles. The summed E-state index contributed by atoms with van der Waals surface area (Å²) in [6.07, 6.45) is 4.26. The van der Waals surface area contributed by atoms with Crippen LogP contribution in [0, 0.1) is 6.92 Å². The van der Waals surface area contributed by atoms with Gasteiger partial charge in [0.05, 0.1) is 6.20 Å². The molecule has 7 heteroatoms. The van der Waals surface area contributed by atoms with Crippen molar-refractivity contribution in [2.24, 2.45) is 0 Å². The molecule has 0 saturated carbocycles. The topological polar surface area (TPSA) is 94.1 Å². The third kappa shape index (κ3) is 3.10. The Morgan fingerprint density at radius 2 is 1.81 bits per heavy atom. The molecule has 0 aliphatic heterocycles. The SMILES string of the molecule is Cc1ccc(-c2nnco2)cc1NC(=O)c1ccc(-c2cnco2)cc1. The van der Waals surface area contributed by atoms with Crippen LogP contribution in [0.4, 0.5) is 5.69 Å². The Morgan fingerprint density at radius 3 is 2.50 bits per heavy atom. The van der Waals surface area contributed by atoms with Gasteiger partial charge in [-0.25, -0.2) is 4.98 Å². The van der Waals surface area contributed by atoms with E-state index in [1.54, 1.807) is 18.3 Å². The van der Waals surface area contributed by atoms with Crippen molar-refractivity contribution in [3.63, 3.8) is 0 Å². The van der Waals surface area contributed by atoms with Crippen LogP contribution >= 0.6 is 0 Å². The molecule has 1 N–H and O–H groups in total. The fraction of sp³-hybridized carbons (Fsp3) is 0.0526. The van der Waals surface area contributed by atoms with E-state index >= 15 is 0 Å². The van der Waals surface area contributed by atoms with E-state index in [-0.39, 0.29) is 5.91 Å². The Hall–Kier alpha value is -3.74. The first-order chi connectivity index (χ1) is 12.7. The molecule has 2 heterocycles. The van der Waals surface area contributed by atoms with Crippen LogP contribution in [0.3, 0.4) is 0 Å². The molecule has 0 atom stereocenters. The highest BCUT2D eigenvalue weighted by atomic mass is 16.4. The molecular formula is C19H14N4O3. The molecule has 0 spiro atoms.